The van der Waals surface area contributed by atoms with Crippen molar-refractivity contribution in [3.8, 4) is 11.5 Å². The molecule has 19 heavy (non-hydrogen) atoms. The number of rotatable bonds is 4. The third-order valence-electron chi connectivity index (χ3n) is 2.48. The monoisotopic (exact) mass is 273 g/mol. The molecule has 0 aliphatic carbocycles. The van der Waals surface area contributed by atoms with Crippen LogP contribution in [0, 0.1) is 0 Å². The van der Waals surface area contributed by atoms with Crippen molar-refractivity contribution in [2.24, 2.45) is 0 Å². The predicted molar refractivity (Wildman–Crippen MR) is 72.4 cm³/mol. The van der Waals surface area contributed by atoms with E-state index in [4.69, 9.17) is 14.7 Å². The molecule has 96 valence electrons. The lowest BCUT2D eigenvalue weighted by atomic mass is 10.3. The van der Waals surface area contributed by atoms with Gasteiger partial charge in [0, 0.05) is 18.0 Å². The van der Waals surface area contributed by atoms with Crippen LogP contribution in [0.25, 0.3) is 11.5 Å². The molecule has 0 amide bonds. The number of hydrogen-bond acceptors (Lipinski definition) is 6. The van der Waals surface area contributed by atoms with Crippen LogP contribution in [0.1, 0.15) is 5.69 Å². The summed E-state index contributed by atoms with van der Waals surface area (Å²) in [5.74, 6) is 1.93. The Morgan fingerprint density at radius 2 is 2.16 bits per heavy atom. The Bertz CT molecular complexity index is 664. The first-order valence-electron chi connectivity index (χ1n) is 5.65. The topological polar surface area (TPSA) is 78.1 Å². The molecule has 5 nitrogen and oxygen atoms in total. The van der Waals surface area contributed by atoms with Gasteiger partial charge in [0.1, 0.15) is 5.03 Å². The summed E-state index contributed by atoms with van der Waals surface area (Å²) in [4.78, 5) is 4.21. The van der Waals surface area contributed by atoms with Crippen molar-refractivity contribution in [3.05, 3.63) is 48.5 Å². The zero-order valence-corrected chi connectivity index (χ0v) is 10.8. The van der Waals surface area contributed by atoms with Gasteiger partial charge in [0.15, 0.2) is 5.76 Å². The molecule has 0 saturated carbocycles. The Morgan fingerprint density at radius 3 is 2.95 bits per heavy atom. The first-order valence-corrected chi connectivity index (χ1v) is 6.64. The molecule has 0 spiro atoms. The summed E-state index contributed by atoms with van der Waals surface area (Å²) in [6, 6.07) is 9.12. The Balaban J connectivity index is 1.70. The van der Waals surface area contributed by atoms with Gasteiger partial charge in [-0.05, 0) is 24.3 Å². The second-order valence-corrected chi connectivity index (χ2v) is 4.81. The molecular weight excluding hydrogens is 262 g/mol. The Labute approximate surface area is 113 Å². The molecule has 3 heterocycles. The molecule has 2 N–H and O–H groups in total. The molecule has 0 saturated heterocycles. The Hall–Kier alpha value is -2.21. The minimum absolute atomic E-state index is 0.620. The maximum Gasteiger partial charge on any atom is 0.202 e. The largest absolute Gasteiger partial charge is 0.461 e. The van der Waals surface area contributed by atoms with Crippen molar-refractivity contribution in [3.63, 3.8) is 0 Å². The summed E-state index contributed by atoms with van der Waals surface area (Å²) in [5, 5.41) is 4.79. The van der Waals surface area contributed by atoms with Gasteiger partial charge in [-0.25, -0.2) is 4.98 Å². The lowest BCUT2D eigenvalue weighted by Crippen LogP contribution is -1.91. The van der Waals surface area contributed by atoms with E-state index in [2.05, 4.69) is 10.1 Å². The summed E-state index contributed by atoms with van der Waals surface area (Å²) < 4.78 is 10.5. The van der Waals surface area contributed by atoms with E-state index in [-0.39, 0.29) is 0 Å². The highest BCUT2D eigenvalue weighted by molar-refractivity contribution is 7.98. The lowest BCUT2D eigenvalue weighted by molar-refractivity contribution is 0.413. The van der Waals surface area contributed by atoms with E-state index >= 15 is 0 Å². The van der Waals surface area contributed by atoms with Crippen LogP contribution in [-0.2, 0) is 5.75 Å². The number of thioether (sulfide) groups is 1. The molecule has 3 aromatic rings. The number of pyridine rings is 1. The summed E-state index contributed by atoms with van der Waals surface area (Å²) in [5.41, 5.74) is 7.31. The highest BCUT2D eigenvalue weighted by Gasteiger charge is 2.10. The van der Waals surface area contributed by atoms with E-state index < -0.39 is 0 Å². The molecular formula is C13H11N3O2S. The minimum atomic E-state index is 0.620. The molecule has 0 fully saturated rings. The first kappa shape index (κ1) is 11.9. The van der Waals surface area contributed by atoms with Crippen LogP contribution in [0.15, 0.2) is 56.8 Å². The Morgan fingerprint density at radius 1 is 1.21 bits per heavy atom. The van der Waals surface area contributed by atoms with E-state index in [1.54, 1.807) is 18.5 Å². The van der Waals surface area contributed by atoms with E-state index in [1.807, 2.05) is 24.3 Å². The predicted octanol–water partition coefficient (Wildman–Crippen LogP) is 3.20. The number of hydrogen-bond donors (Lipinski definition) is 1. The standard InChI is InChI=1S/C13H11N3O2S/c14-10-3-1-5-15-13(10)19-8-9-7-12(18-16-9)11-4-2-6-17-11/h1-7H,8,14H2. The van der Waals surface area contributed by atoms with Gasteiger partial charge in [-0.3, -0.25) is 0 Å². The number of nitrogens with two attached hydrogens (primary N) is 1. The van der Waals surface area contributed by atoms with Crippen molar-refractivity contribution >= 4 is 17.4 Å². The van der Waals surface area contributed by atoms with Gasteiger partial charge < -0.3 is 14.7 Å². The van der Waals surface area contributed by atoms with Gasteiger partial charge in [0.05, 0.1) is 17.6 Å². The maximum atomic E-state index is 5.82. The third kappa shape index (κ3) is 2.63. The highest BCUT2D eigenvalue weighted by Crippen LogP contribution is 2.27. The molecule has 0 aliphatic heterocycles. The lowest BCUT2D eigenvalue weighted by Gasteiger charge is -2.00. The first-order chi connectivity index (χ1) is 9.33. The van der Waals surface area contributed by atoms with Gasteiger partial charge in [-0.2, -0.15) is 0 Å². The van der Waals surface area contributed by atoms with Crippen LogP contribution in [0.5, 0.6) is 0 Å². The fraction of sp³-hybridized carbons (Fsp3) is 0.0769. The van der Waals surface area contributed by atoms with Gasteiger partial charge in [-0.15, -0.1) is 0 Å². The number of anilines is 1. The summed E-state index contributed by atoms with van der Waals surface area (Å²) in [6.07, 6.45) is 3.32. The molecule has 0 unspecified atom stereocenters. The minimum Gasteiger partial charge on any atom is -0.461 e. The van der Waals surface area contributed by atoms with Gasteiger partial charge in [0.2, 0.25) is 5.76 Å². The van der Waals surface area contributed by atoms with Crippen molar-refractivity contribution in [1.29, 1.82) is 0 Å². The fourth-order valence-corrected chi connectivity index (χ4v) is 2.37. The van der Waals surface area contributed by atoms with Crippen molar-refractivity contribution in [1.82, 2.24) is 10.1 Å². The van der Waals surface area contributed by atoms with Crippen LogP contribution >= 0.6 is 11.8 Å². The van der Waals surface area contributed by atoms with Crippen LogP contribution in [-0.4, -0.2) is 10.1 Å². The summed E-state index contributed by atoms with van der Waals surface area (Å²) in [7, 11) is 0. The van der Waals surface area contributed by atoms with E-state index in [0.29, 0.717) is 23.0 Å². The Kier molecular flexibility index (Phi) is 3.24. The zero-order chi connectivity index (χ0) is 13.1. The van der Waals surface area contributed by atoms with Crippen molar-refractivity contribution in [2.75, 3.05) is 5.73 Å². The van der Waals surface area contributed by atoms with Crippen molar-refractivity contribution < 1.29 is 8.94 Å². The average molecular weight is 273 g/mol. The molecule has 6 heteroatoms. The number of nitrogen functional groups attached to an aromatic ring is 1. The van der Waals surface area contributed by atoms with Crippen LogP contribution in [0.4, 0.5) is 5.69 Å². The molecule has 0 aromatic carbocycles. The second-order valence-electron chi connectivity index (χ2n) is 3.85. The van der Waals surface area contributed by atoms with Crippen LogP contribution < -0.4 is 5.73 Å². The average Bonchev–Trinajstić information content (AvgIpc) is 3.09. The van der Waals surface area contributed by atoms with Gasteiger partial charge in [-0.1, -0.05) is 16.9 Å². The smallest absolute Gasteiger partial charge is 0.202 e. The summed E-state index contributed by atoms with van der Waals surface area (Å²) >= 11 is 1.52. The molecule has 0 aliphatic rings. The molecule has 0 bridgehead atoms. The second kappa shape index (κ2) is 5.19. The van der Waals surface area contributed by atoms with Crippen LogP contribution in [0.2, 0.25) is 0 Å². The van der Waals surface area contributed by atoms with E-state index in [0.717, 1.165) is 10.7 Å². The highest BCUT2D eigenvalue weighted by atomic mass is 32.2. The van der Waals surface area contributed by atoms with E-state index in [1.165, 1.54) is 11.8 Å². The fourth-order valence-electron chi connectivity index (χ4n) is 1.58. The number of furan rings is 1. The normalized spacial score (nSPS) is 10.7. The van der Waals surface area contributed by atoms with Crippen LogP contribution in [0.3, 0.4) is 0 Å². The third-order valence-corrected chi connectivity index (χ3v) is 3.53. The molecule has 0 radical (unpaired) electrons. The van der Waals surface area contributed by atoms with E-state index in [9.17, 15) is 0 Å². The van der Waals surface area contributed by atoms with Gasteiger partial charge in [0.25, 0.3) is 0 Å². The summed E-state index contributed by atoms with van der Waals surface area (Å²) in [6.45, 7) is 0. The quantitative estimate of drug-likeness (QED) is 0.735. The van der Waals surface area contributed by atoms with Gasteiger partial charge >= 0.3 is 0 Å². The zero-order valence-electron chi connectivity index (χ0n) is 9.95. The SMILES string of the molecule is Nc1cccnc1SCc1cc(-c2ccco2)on1. The maximum absolute atomic E-state index is 5.82. The molecule has 0 atom stereocenters. The number of aromatic nitrogens is 2. The number of nitrogens with zero attached hydrogens (tertiary/aromatic N) is 2. The van der Waals surface area contributed by atoms with Crippen molar-refractivity contribution in [2.45, 2.75) is 10.8 Å². The molecule has 3 aromatic heterocycles. The molecule has 3 rings (SSSR count).